The van der Waals surface area contributed by atoms with Gasteiger partial charge in [0, 0.05) is 56.7 Å². The second kappa shape index (κ2) is 6.48. The van der Waals surface area contributed by atoms with Crippen LogP contribution in [0.3, 0.4) is 0 Å². The van der Waals surface area contributed by atoms with Crippen LogP contribution in [0.4, 0.5) is 16.6 Å². The molecule has 0 amide bonds. The monoisotopic (exact) mass is 354 g/mol. The van der Waals surface area contributed by atoms with E-state index in [0.29, 0.717) is 0 Å². The van der Waals surface area contributed by atoms with Crippen LogP contribution < -0.4 is 14.7 Å². The number of benzene rings is 1. The molecule has 25 heavy (non-hydrogen) atoms. The van der Waals surface area contributed by atoms with Gasteiger partial charge in [-0.2, -0.15) is 0 Å². The summed E-state index contributed by atoms with van der Waals surface area (Å²) in [6.45, 7) is 6.04. The molecule has 0 unspecified atom stereocenters. The quantitative estimate of drug-likeness (QED) is 0.721. The normalized spacial score (nSPS) is 15.0. The van der Waals surface area contributed by atoms with Crippen LogP contribution in [0.1, 0.15) is 5.69 Å². The molecule has 1 aromatic carbocycles. The molecule has 0 atom stereocenters. The lowest BCUT2D eigenvalue weighted by molar-refractivity contribution is 0.652. The third-order valence-electron chi connectivity index (χ3n) is 4.54. The van der Waals surface area contributed by atoms with Crippen LogP contribution >= 0.6 is 11.3 Å². The summed E-state index contributed by atoms with van der Waals surface area (Å²) in [6, 6.07) is 6.47. The minimum Gasteiger partial charge on any atom is -0.368 e. The maximum atomic E-state index is 4.61. The van der Waals surface area contributed by atoms with Gasteiger partial charge in [0.05, 0.1) is 11.2 Å². The predicted octanol–water partition coefficient (Wildman–Crippen LogP) is 2.79. The van der Waals surface area contributed by atoms with Crippen molar-refractivity contribution in [1.82, 2.24) is 15.0 Å². The fraction of sp³-hybridized carbons (Fsp3) is 0.389. The lowest BCUT2D eigenvalue weighted by Gasteiger charge is -2.36. The number of aromatic nitrogens is 3. The Bertz CT molecular complexity index is 882. The average molecular weight is 354 g/mol. The van der Waals surface area contributed by atoms with Gasteiger partial charge < -0.3 is 14.7 Å². The summed E-state index contributed by atoms with van der Waals surface area (Å²) in [5.74, 6) is 0.962. The standard InChI is InChI=1S/C18H22N6S/c1-13-11-25-18(21-13)24-8-6-23(7-9-24)14-4-5-16-15(10-14)17(22(2)3)20-12-19-16/h4-5,10-12H,6-9H2,1-3H3. The second-order valence-corrected chi connectivity index (χ2v) is 7.38. The molecule has 0 N–H and O–H groups in total. The van der Waals surface area contributed by atoms with Gasteiger partial charge in [0.1, 0.15) is 12.1 Å². The van der Waals surface area contributed by atoms with Gasteiger partial charge in [-0.15, -0.1) is 11.3 Å². The highest BCUT2D eigenvalue weighted by Gasteiger charge is 2.20. The number of hydrogen-bond acceptors (Lipinski definition) is 7. The fourth-order valence-corrected chi connectivity index (χ4v) is 4.08. The molecule has 7 heteroatoms. The van der Waals surface area contributed by atoms with Crippen LogP contribution in [0.15, 0.2) is 29.9 Å². The number of rotatable bonds is 3. The zero-order valence-corrected chi connectivity index (χ0v) is 15.6. The Morgan fingerprint density at radius 1 is 1.04 bits per heavy atom. The van der Waals surface area contributed by atoms with E-state index < -0.39 is 0 Å². The summed E-state index contributed by atoms with van der Waals surface area (Å²) in [5.41, 5.74) is 3.33. The Hall–Kier alpha value is -2.41. The molecule has 1 fully saturated rings. The van der Waals surface area contributed by atoms with E-state index in [4.69, 9.17) is 0 Å². The summed E-state index contributed by atoms with van der Waals surface area (Å²) in [6.07, 6.45) is 1.63. The van der Waals surface area contributed by atoms with E-state index in [1.54, 1.807) is 17.7 Å². The first-order chi connectivity index (χ1) is 12.1. The van der Waals surface area contributed by atoms with Crippen LogP contribution in [-0.2, 0) is 0 Å². The van der Waals surface area contributed by atoms with E-state index in [1.165, 1.54) is 5.69 Å². The molecule has 3 heterocycles. The summed E-state index contributed by atoms with van der Waals surface area (Å²) in [5, 5.41) is 4.36. The third kappa shape index (κ3) is 3.11. The maximum Gasteiger partial charge on any atom is 0.185 e. The zero-order chi connectivity index (χ0) is 17.4. The summed E-state index contributed by atoms with van der Waals surface area (Å²) in [7, 11) is 4.03. The molecular formula is C18H22N6S. The molecule has 3 aromatic rings. The van der Waals surface area contributed by atoms with Gasteiger partial charge >= 0.3 is 0 Å². The van der Waals surface area contributed by atoms with E-state index >= 15 is 0 Å². The highest BCUT2D eigenvalue weighted by molar-refractivity contribution is 7.13. The summed E-state index contributed by atoms with van der Waals surface area (Å²) >= 11 is 1.73. The molecular weight excluding hydrogens is 332 g/mol. The smallest absolute Gasteiger partial charge is 0.185 e. The first-order valence-corrected chi connectivity index (χ1v) is 9.34. The van der Waals surface area contributed by atoms with Crippen molar-refractivity contribution in [2.45, 2.75) is 6.92 Å². The van der Waals surface area contributed by atoms with Crippen LogP contribution in [0.5, 0.6) is 0 Å². The SMILES string of the molecule is Cc1csc(N2CCN(c3ccc4ncnc(N(C)C)c4c3)CC2)n1. The van der Waals surface area contributed by atoms with Crippen molar-refractivity contribution in [2.24, 2.45) is 0 Å². The molecule has 6 nitrogen and oxygen atoms in total. The van der Waals surface area contributed by atoms with Gasteiger partial charge in [0.2, 0.25) is 0 Å². The van der Waals surface area contributed by atoms with Crippen LogP contribution in [0, 0.1) is 6.92 Å². The van der Waals surface area contributed by atoms with Gasteiger partial charge in [0.15, 0.2) is 5.13 Å². The van der Waals surface area contributed by atoms with Crippen molar-refractivity contribution in [2.75, 3.05) is 55.0 Å². The molecule has 2 aromatic heterocycles. The first kappa shape index (κ1) is 16.1. The Balaban J connectivity index is 1.55. The van der Waals surface area contributed by atoms with Crippen LogP contribution in [0.25, 0.3) is 10.9 Å². The Morgan fingerprint density at radius 2 is 1.80 bits per heavy atom. The van der Waals surface area contributed by atoms with Crippen molar-refractivity contribution in [3.8, 4) is 0 Å². The third-order valence-corrected chi connectivity index (χ3v) is 5.56. The highest BCUT2D eigenvalue weighted by atomic mass is 32.1. The van der Waals surface area contributed by atoms with Crippen molar-refractivity contribution in [3.05, 3.63) is 35.6 Å². The Labute approximate surface area is 151 Å². The minimum absolute atomic E-state index is 0.962. The largest absolute Gasteiger partial charge is 0.368 e. The molecule has 1 aliphatic heterocycles. The summed E-state index contributed by atoms with van der Waals surface area (Å²) < 4.78 is 0. The highest BCUT2D eigenvalue weighted by Crippen LogP contribution is 2.28. The number of thiazole rings is 1. The molecule has 130 valence electrons. The van der Waals surface area contributed by atoms with Gasteiger partial charge in [0.25, 0.3) is 0 Å². The minimum atomic E-state index is 0.962. The van der Waals surface area contributed by atoms with Crippen LogP contribution in [0.2, 0.25) is 0 Å². The van der Waals surface area contributed by atoms with Crippen LogP contribution in [-0.4, -0.2) is 55.2 Å². The van der Waals surface area contributed by atoms with E-state index in [-0.39, 0.29) is 0 Å². The number of fused-ring (bicyclic) bond motifs is 1. The fourth-order valence-electron chi connectivity index (χ4n) is 3.23. The van der Waals surface area contributed by atoms with E-state index in [9.17, 15) is 0 Å². The van der Waals surface area contributed by atoms with Gasteiger partial charge in [-0.1, -0.05) is 0 Å². The number of piperazine rings is 1. The maximum absolute atomic E-state index is 4.61. The van der Waals surface area contributed by atoms with Crippen molar-refractivity contribution >= 4 is 38.9 Å². The number of aryl methyl sites for hydroxylation is 1. The number of nitrogens with zero attached hydrogens (tertiary/aromatic N) is 6. The lowest BCUT2D eigenvalue weighted by atomic mass is 10.1. The van der Waals surface area contributed by atoms with Crippen molar-refractivity contribution in [3.63, 3.8) is 0 Å². The first-order valence-electron chi connectivity index (χ1n) is 8.46. The Morgan fingerprint density at radius 3 is 2.48 bits per heavy atom. The molecule has 0 saturated carbocycles. The van der Waals surface area contributed by atoms with Crippen molar-refractivity contribution < 1.29 is 0 Å². The van der Waals surface area contributed by atoms with E-state index in [0.717, 1.165) is 53.7 Å². The molecule has 0 bridgehead atoms. The molecule has 4 rings (SSSR count). The molecule has 0 spiro atoms. The predicted molar refractivity (Wildman–Crippen MR) is 105 cm³/mol. The topological polar surface area (TPSA) is 48.4 Å². The van der Waals surface area contributed by atoms with E-state index in [2.05, 4.69) is 55.3 Å². The van der Waals surface area contributed by atoms with E-state index in [1.807, 2.05) is 19.0 Å². The molecule has 1 aliphatic rings. The van der Waals surface area contributed by atoms with Gasteiger partial charge in [-0.05, 0) is 25.1 Å². The van der Waals surface area contributed by atoms with Gasteiger partial charge in [-0.25, -0.2) is 15.0 Å². The summed E-state index contributed by atoms with van der Waals surface area (Å²) in [4.78, 5) is 20.3. The number of anilines is 3. The molecule has 0 aliphatic carbocycles. The zero-order valence-electron chi connectivity index (χ0n) is 14.8. The van der Waals surface area contributed by atoms with Gasteiger partial charge in [-0.3, -0.25) is 0 Å². The lowest BCUT2D eigenvalue weighted by Crippen LogP contribution is -2.46. The average Bonchev–Trinajstić information content (AvgIpc) is 3.07. The second-order valence-electron chi connectivity index (χ2n) is 6.54. The Kier molecular flexibility index (Phi) is 4.17. The number of hydrogen-bond donors (Lipinski definition) is 0. The molecule has 1 saturated heterocycles. The van der Waals surface area contributed by atoms with Crippen molar-refractivity contribution in [1.29, 1.82) is 0 Å². The molecule has 0 radical (unpaired) electrons.